The number of nitrogens with zero attached hydrogens (tertiary/aromatic N) is 2. The van der Waals surface area contributed by atoms with E-state index in [1.807, 2.05) is 29.6 Å². The number of halogens is 1. The van der Waals surface area contributed by atoms with E-state index in [2.05, 4.69) is 15.6 Å². The molecule has 3 heterocycles. The summed E-state index contributed by atoms with van der Waals surface area (Å²) in [6.07, 6.45) is 0. The molecule has 0 spiro atoms. The highest BCUT2D eigenvalue weighted by Gasteiger charge is 2.12. The predicted octanol–water partition coefficient (Wildman–Crippen LogP) is 4.87. The Morgan fingerprint density at radius 1 is 1.14 bits per heavy atom. The number of nitrogens with one attached hydrogen (secondary N) is 1. The summed E-state index contributed by atoms with van der Waals surface area (Å²) in [5, 5.41) is 13.0. The van der Waals surface area contributed by atoms with Crippen LogP contribution in [0.2, 0.25) is 5.02 Å². The van der Waals surface area contributed by atoms with E-state index in [-0.39, 0.29) is 25.0 Å². The lowest BCUT2D eigenvalue weighted by Gasteiger charge is -2.01. The van der Waals surface area contributed by atoms with E-state index in [0.717, 1.165) is 10.4 Å². The van der Waals surface area contributed by atoms with Crippen molar-refractivity contribution in [3.8, 4) is 21.9 Å². The van der Waals surface area contributed by atoms with Crippen LogP contribution < -0.4 is 5.32 Å². The van der Waals surface area contributed by atoms with E-state index < -0.39 is 0 Å². The zero-order valence-electron chi connectivity index (χ0n) is 14.4. The van der Waals surface area contributed by atoms with Gasteiger partial charge < -0.3 is 13.8 Å². The summed E-state index contributed by atoms with van der Waals surface area (Å²) in [4.78, 5) is 13.0. The van der Waals surface area contributed by atoms with Crippen molar-refractivity contribution >= 4 is 34.7 Å². The quantitative estimate of drug-likeness (QED) is 0.463. The fourth-order valence-electron chi connectivity index (χ4n) is 2.45. The highest BCUT2D eigenvalue weighted by molar-refractivity contribution is 7.13. The largest absolute Gasteiger partial charge is 0.365 e. The summed E-state index contributed by atoms with van der Waals surface area (Å²) in [5.74, 6) is 0.536. The zero-order valence-corrected chi connectivity index (χ0v) is 16.0. The standard InChI is InChI=1S/C19H14ClN3O4S/c20-13-4-1-3-12(7-13)15-9-19(27-23-15)21-18(24)11-25-10-14-8-16(26-22-14)17-5-2-6-28-17/h1-9H,10-11H2,(H,21,24). The fourth-order valence-corrected chi connectivity index (χ4v) is 3.32. The molecule has 0 saturated heterocycles. The Hall–Kier alpha value is -2.94. The number of amides is 1. The number of hydrogen-bond acceptors (Lipinski definition) is 7. The predicted molar refractivity (Wildman–Crippen MR) is 105 cm³/mol. The minimum absolute atomic E-state index is 0.158. The molecule has 0 atom stereocenters. The molecule has 0 aliphatic carbocycles. The molecule has 7 nitrogen and oxygen atoms in total. The molecule has 0 saturated carbocycles. The van der Waals surface area contributed by atoms with Crippen molar-refractivity contribution in [3.63, 3.8) is 0 Å². The Kier molecular flexibility index (Phi) is 5.52. The molecule has 142 valence electrons. The maximum atomic E-state index is 12.0. The first kappa shape index (κ1) is 18.4. The van der Waals surface area contributed by atoms with Crippen LogP contribution in [0.1, 0.15) is 5.69 Å². The third kappa shape index (κ3) is 4.48. The number of ether oxygens (including phenoxy) is 1. The van der Waals surface area contributed by atoms with Gasteiger partial charge in [0.05, 0.1) is 11.5 Å². The van der Waals surface area contributed by atoms with Crippen molar-refractivity contribution < 1.29 is 18.6 Å². The average Bonchev–Trinajstić information content (AvgIpc) is 3.43. The van der Waals surface area contributed by atoms with E-state index >= 15 is 0 Å². The van der Waals surface area contributed by atoms with Crippen LogP contribution in [-0.4, -0.2) is 22.8 Å². The molecule has 0 radical (unpaired) electrons. The summed E-state index contributed by atoms with van der Waals surface area (Å²) in [7, 11) is 0. The van der Waals surface area contributed by atoms with Crippen molar-refractivity contribution in [2.45, 2.75) is 6.61 Å². The Balaban J connectivity index is 1.27. The minimum Gasteiger partial charge on any atom is -0.365 e. The van der Waals surface area contributed by atoms with Crippen LogP contribution >= 0.6 is 22.9 Å². The number of hydrogen-bond donors (Lipinski definition) is 1. The lowest BCUT2D eigenvalue weighted by molar-refractivity contribution is -0.121. The van der Waals surface area contributed by atoms with Crippen molar-refractivity contribution in [3.05, 3.63) is 64.6 Å². The molecule has 0 fully saturated rings. The van der Waals surface area contributed by atoms with Gasteiger partial charge in [-0.25, -0.2) is 0 Å². The van der Waals surface area contributed by atoms with Crippen molar-refractivity contribution in [1.82, 2.24) is 10.3 Å². The molecule has 0 aliphatic rings. The number of thiophene rings is 1. The number of carbonyl (C=O) groups is 1. The topological polar surface area (TPSA) is 90.4 Å². The number of benzene rings is 1. The van der Waals surface area contributed by atoms with Crippen molar-refractivity contribution in [2.75, 3.05) is 11.9 Å². The van der Waals surface area contributed by atoms with Crippen LogP contribution in [-0.2, 0) is 16.1 Å². The molecule has 3 aromatic heterocycles. The van der Waals surface area contributed by atoms with Crippen LogP contribution in [0.3, 0.4) is 0 Å². The molecule has 28 heavy (non-hydrogen) atoms. The molecule has 0 bridgehead atoms. The zero-order chi connectivity index (χ0) is 19.3. The SMILES string of the molecule is O=C(COCc1cc(-c2cccs2)on1)Nc1cc(-c2cccc(Cl)c2)no1. The normalized spacial score (nSPS) is 10.9. The molecule has 9 heteroatoms. The van der Waals surface area contributed by atoms with E-state index in [1.165, 1.54) is 0 Å². The molecule has 4 rings (SSSR count). The van der Waals surface area contributed by atoms with Gasteiger partial charge in [-0.05, 0) is 23.6 Å². The molecule has 1 amide bonds. The summed E-state index contributed by atoms with van der Waals surface area (Å²) < 4.78 is 15.8. The lowest BCUT2D eigenvalue weighted by atomic mass is 10.1. The van der Waals surface area contributed by atoms with Gasteiger partial charge in [0.25, 0.3) is 5.91 Å². The minimum atomic E-state index is -0.365. The van der Waals surface area contributed by atoms with Crippen LogP contribution in [0.15, 0.2) is 63.0 Å². The van der Waals surface area contributed by atoms with Gasteiger partial charge in [-0.1, -0.05) is 40.1 Å². The Bertz CT molecular complexity index is 1070. The highest BCUT2D eigenvalue weighted by Crippen LogP contribution is 2.26. The second kappa shape index (κ2) is 8.39. The van der Waals surface area contributed by atoms with Gasteiger partial charge >= 0.3 is 0 Å². The van der Waals surface area contributed by atoms with Gasteiger partial charge in [-0.15, -0.1) is 11.3 Å². The van der Waals surface area contributed by atoms with E-state index in [9.17, 15) is 4.79 Å². The third-order valence-corrected chi connectivity index (χ3v) is 4.82. The lowest BCUT2D eigenvalue weighted by Crippen LogP contribution is -2.17. The molecular weight excluding hydrogens is 402 g/mol. The third-order valence-electron chi connectivity index (χ3n) is 3.70. The highest BCUT2D eigenvalue weighted by atomic mass is 35.5. The summed E-state index contributed by atoms with van der Waals surface area (Å²) in [6.45, 7) is 0.000851. The van der Waals surface area contributed by atoms with Gasteiger partial charge in [0.2, 0.25) is 5.88 Å². The maximum Gasteiger partial charge on any atom is 0.252 e. The first-order chi connectivity index (χ1) is 13.7. The summed E-state index contributed by atoms with van der Waals surface area (Å²) in [5.41, 5.74) is 1.97. The first-order valence-corrected chi connectivity index (χ1v) is 9.53. The number of anilines is 1. The van der Waals surface area contributed by atoms with E-state index in [0.29, 0.717) is 22.2 Å². The second-order valence-corrected chi connectivity index (χ2v) is 7.17. The van der Waals surface area contributed by atoms with Gasteiger partial charge in [0, 0.05) is 22.7 Å². The first-order valence-electron chi connectivity index (χ1n) is 8.27. The van der Waals surface area contributed by atoms with Crippen LogP contribution in [0.25, 0.3) is 21.9 Å². The van der Waals surface area contributed by atoms with Crippen LogP contribution in [0.4, 0.5) is 5.88 Å². The second-order valence-electron chi connectivity index (χ2n) is 5.79. The smallest absolute Gasteiger partial charge is 0.252 e. The molecule has 1 aromatic carbocycles. The Labute approximate surface area is 168 Å². The number of rotatable bonds is 7. The maximum absolute atomic E-state index is 12.0. The molecule has 1 N–H and O–H groups in total. The summed E-state index contributed by atoms with van der Waals surface area (Å²) in [6, 6.07) is 14.5. The van der Waals surface area contributed by atoms with Gasteiger partial charge in [0.15, 0.2) is 5.76 Å². The number of aromatic nitrogens is 2. The van der Waals surface area contributed by atoms with E-state index in [1.54, 1.807) is 35.6 Å². The van der Waals surface area contributed by atoms with Gasteiger partial charge in [0.1, 0.15) is 18.0 Å². The van der Waals surface area contributed by atoms with Crippen LogP contribution in [0.5, 0.6) is 0 Å². The van der Waals surface area contributed by atoms with Gasteiger partial charge in [-0.2, -0.15) is 0 Å². The van der Waals surface area contributed by atoms with Crippen molar-refractivity contribution in [1.29, 1.82) is 0 Å². The molecule has 0 unspecified atom stereocenters. The average molecular weight is 416 g/mol. The molecule has 0 aliphatic heterocycles. The monoisotopic (exact) mass is 415 g/mol. The Morgan fingerprint density at radius 2 is 2.07 bits per heavy atom. The van der Waals surface area contributed by atoms with Crippen molar-refractivity contribution in [2.24, 2.45) is 0 Å². The Morgan fingerprint density at radius 3 is 2.89 bits per heavy atom. The fraction of sp³-hybridized carbons (Fsp3) is 0.105. The van der Waals surface area contributed by atoms with Gasteiger partial charge in [-0.3, -0.25) is 10.1 Å². The van der Waals surface area contributed by atoms with E-state index in [4.69, 9.17) is 25.4 Å². The summed E-state index contributed by atoms with van der Waals surface area (Å²) >= 11 is 7.53. The number of carbonyl (C=O) groups excluding carboxylic acids is 1. The molecule has 4 aromatic rings. The van der Waals surface area contributed by atoms with Crippen LogP contribution in [0, 0.1) is 0 Å². The molecular formula is C19H14ClN3O4S.